The molecule has 0 saturated carbocycles. The lowest BCUT2D eigenvalue weighted by Gasteiger charge is -2.23. The first-order chi connectivity index (χ1) is 13.1. The molecule has 2 aliphatic rings. The maximum Gasteiger partial charge on any atom is 0.266 e. The van der Waals surface area contributed by atoms with Gasteiger partial charge in [-0.2, -0.15) is 0 Å². The molecule has 2 aliphatic heterocycles. The maximum absolute atomic E-state index is 12.8. The van der Waals surface area contributed by atoms with Crippen LogP contribution in [0.5, 0.6) is 5.75 Å². The minimum absolute atomic E-state index is 0.0329. The number of para-hydroxylation sites is 1. The van der Waals surface area contributed by atoms with Crippen molar-refractivity contribution in [2.24, 2.45) is 0 Å². The van der Waals surface area contributed by atoms with Crippen molar-refractivity contribution in [3.63, 3.8) is 0 Å². The largest absolute Gasteiger partial charge is 0.485 e. The molecule has 1 aromatic rings. The first kappa shape index (κ1) is 20.2. The summed E-state index contributed by atoms with van der Waals surface area (Å²) in [6.45, 7) is 4.95. The van der Waals surface area contributed by atoms with Crippen LogP contribution in [-0.2, 0) is 4.79 Å². The Morgan fingerprint density at radius 2 is 1.93 bits per heavy atom. The number of fused-ring (bicyclic) bond motifs is 1. The van der Waals surface area contributed by atoms with Gasteiger partial charge >= 0.3 is 0 Å². The molecule has 1 fully saturated rings. The standard InChI is InChI=1S/C22H27NO2S2/c1-3-4-5-6-7-10-13-23-21(24)20(27-22(23)26)15-18-14-17-11-8-9-12-19(17)25-16(18)2/h8-9,11-12,14-16H,3-7,10,13H2,1-2H3/b20-15-/t16-/m0/s1. The van der Waals surface area contributed by atoms with Gasteiger partial charge in [-0.05, 0) is 37.1 Å². The van der Waals surface area contributed by atoms with Crippen molar-refractivity contribution in [1.82, 2.24) is 4.90 Å². The molecule has 27 heavy (non-hydrogen) atoms. The van der Waals surface area contributed by atoms with E-state index in [-0.39, 0.29) is 12.0 Å². The molecule has 2 heterocycles. The number of benzene rings is 1. The van der Waals surface area contributed by atoms with Gasteiger partial charge < -0.3 is 4.74 Å². The summed E-state index contributed by atoms with van der Waals surface area (Å²) in [5.41, 5.74) is 2.05. The second-order valence-electron chi connectivity index (χ2n) is 7.04. The van der Waals surface area contributed by atoms with Gasteiger partial charge in [-0.25, -0.2) is 0 Å². The molecule has 1 amide bonds. The number of nitrogens with zero attached hydrogens (tertiary/aromatic N) is 1. The predicted molar refractivity (Wildman–Crippen MR) is 118 cm³/mol. The van der Waals surface area contributed by atoms with E-state index in [1.165, 1.54) is 37.4 Å². The Hall–Kier alpha value is -1.59. The normalized spacial score (nSPS) is 20.7. The Morgan fingerprint density at radius 3 is 2.74 bits per heavy atom. The van der Waals surface area contributed by atoms with E-state index in [4.69, 9.17) is 17.0 Å². The molecule has 0 aliphatic carbocycles. The van der Waals surface area contributed by atoms with Crippen molar-refractivity contribution < 1.29 is 9.53 Å². The summed E-state index contributed by atoms with van der Waals surface area (Å²) in [7, 11) is 0. The first-order valence-electron chi connectivity index (χ1n) is 9.82. The molecule has 0 radical (unpaired) electrons. The first-order valence-corrected chi connectivity index (χ1v) is 11.0. The van der Waals surface area contributed by atoms with Crippen LogP contribution in [0, 0.1) is 0 Å². The average Bonchev–Trinajstić information content (AvgIpc) is 2.92. The molecule has 1 atom stereocenters. The smallest absolute Gasteiger partial charge is 0.266 e. The zero-order valence-electron chi connectivity index (χ0n) is 16.1. The maximum atomic E-state index is 12.8. The van der Waals surface area contributed by atoms with E-state index < -0.39 is 0 Å². The number of hydrogen-bond acceptors (Lipinski definition) is 4. The SMILES string of the molecule is CCCCCCCCN1C(=O)/C(=C/C2=Cc3ccccc3O[C@H]2C)SC1=S. The van der Waals surface area contributed by atoms with Crippen molar-refractivity contribution in [2.45, 2.75) is 58.5 Å². The van der Waals surface area contributed by atoms with E-state index in [0.717, 1.165) is 36.3 Å². The fraction of sp³-hybridized carbons (Fsp3) is 0.455. The lowest BCUT2D eigenvalue weighted by molar-refractivity contribution is -0.122. The second kappa shape index (κ2) is 9.56. The van der Waals surface area contributed by atoms with Crippen molar-refractivity contribution in [2.75, 3.05) is 6.54 Å². The van der Waals surface area contributed by atoms with Gasteiger partial charge in [0.2, 0.25) is 0 Å². The van der Waals surface area contributed by atoms with Crippen molar-refractivity contribution in [3.05, 3.63) is 46.4 Å². The summed E-state index contributed by atoms with van der Waals surface area (Å²) in [6, 6.07) is 7.96. The lowest BCUT2D eigenvalue weighted by atomic mass is 10.0. The number of rotatable bonds is 8. The zero-order valence-corrected chi connectivity index (χ0v) is 17.7. The van der Waals surface area contributed by atoms with E-state index in [1.54, 1.807) is 4.90 Å². The zero-order chi connectivity index (χ0) is 19.2. The number of ether oxygens (including phenoxy) is 1. The van der Waals surface area contributed by atoms with Crippen LogP contribution in [-0.4, -0.2) is 27.8 Å². The summed E-state index contributed by atoms with van der Waals surface area (Å²) < 4.78 is 6.65. The number of carbonyl (C=O) groups excluding carboxylic acids is 1. The molecule has 1 aromatic carbocycles. The molecule has 0 aromatic heterocycles. The molecule has 0 N–H and O–H groups in total. The molecule has 1 saturated heterocycles. The lowest BCUT2D eigenvalue weighted by Crippen LogP contribution is -2.29. The molecule has 3 rings (SSSR count). The van der Waals surface area contributed by atoms with Gasteiger partial charge in [-0.3, -0.25) is 9.69 Å². The van der Waals surface area contributed by atoms with Crippen molar-refractivity contribution in [3.8, 4) is 5.75 Å². The molecular formula is C22H27NO2S2. The van der Waals surface area contributed by atoms with E-state index in [2.05, 4.69) is 13.0 Å². The Balaban J connectivity index is 1.63. The fourth-order valence-electron chi connectivity index (χ4n) is 3.32. The minimum atomic E-state index is -0.0815. The Bertz CT molecular complexity index is 769. The van der Waals surface area contributed by atoms with E-state index in [0.29, 0.717) is 9.23 Å². The van der Waals surface area contributed by atoms with Crippen LogP contribution >= 0.6 is 24.0 Å². The van der Waals surface area contributed by atoms with Crippen molar-refractivity contribution in [1.29, 1.82) is 0 Å². The van der Waals surface area contributed by atoms with Gasteiger partial charge in [-0.1, -0.05) is 81.2 Å². The highest BCUT2D eigenvalue weighted by atomic mass is 32.2. The van der Waals surface area contributed by atoms with Crippen LogP contribution in [0.4, 0.5) is 0 Å². The number of thioether (sulfide) groups is 1. The Morgan fingerprint density at radius 1 is 1.19 bits per heavy atom. The highest BCUT2D eigenvalue weighted by Gasteiger charge is 2.32. The molecular weight excluding hydrogens is 374 g/mol. The molecule has 5 heteroatoms. The predicted octanol–water partition coefficient (Wildman–Crippen LogP) is 5.96. The Labute approximate surface area is 171 Å². The van der Waals surface area contributed by atoms with Crippen LogP contribution in [0.1, 0.15) is 57.9 Å². The molecule has 144 valence electrons. The van der Waals surface area contributed by atoms with Gasteiger partial charge in [0.1, 0.15) is 16.2 Å². The number of amides is 1. The van der Waals surface area contributed by atoms with Gasteiger partial charge in [-0.15, -0.1) is 0 Å². The van der Waals surface area contributed by atoms with Gasteiger partial charge in [0.25, 0.3) is 5.91 Å². The number of hydrogen-bond donors (Lipinski definition) is 0. The van der Waals surface area contributed by atoms with E-state index >= 15 is 0 Å². The summed E-state index contributed by atoms with van der Waals surface area (Å²) >= 11 is 6.85. The topological polar surface area (TPSA) is 29.5 Å². The summed E-state index contributed by atoms with van der Waals surface area (Å²) in [5.74, 6) is 0.920. The number of carbonyl (C=O) groups is 1. The molecule has 0 unspecified atom stereocenters. The monoisotopic (exact) mass is 401 g/mol. The van der Waals surface area contributed by atoms with Gasteiger partial charge in [0.05, 0.1) is 4.91 Å². The minimum Gasteiger partial charge on any atom is -0.485 e. The van der Waals surface area contributed by atoms with Gasteiger partial charge in [0, 0.05) is 12.1 Å². The molecule has 0 bridgehead atoms. The number of unbranched alkanes of at least 4 members (excludes halogenated alkanes) is 5. The quantitative estimate of drug-likeness (QED) is 0.305. The molecule has 3 nitrogen and oxygen atoms in total. The van der Waals surface area contributed by atoms with Crippen LogP contribution < -0.4 is 4.74 Å². The highest BCUT2D eigenvalue weighted by Crippen LogP contribution is 2.35. The van der Waals surface area contributed by atoms with Crippen LogP contribution in [0.2, 0.25) is 0 Å². The third-order valence-corrected chi connectivity index (χ3v) is 6.30. The summed E-state index contributed by atoms with van der Waals surface area (Å²) in [4.78, 5) is 15.2. The second-order valence-corrected chi connectivity index (χ2v) is 8.72. The Kier molecular flexibility index (Phi) is 7.13. The van der Waals surface area contributed by atoms with E-state index in [9.17, 15) is 4.79 Å². The molecule has 0 spiro atoms. The highest BCUT2D eigenvalue weighted by molar-refractivity contribution is 8.26. The summed E-state index contributed by atoms with van der Waals surface area (Å²) in [6.07, 6.45) is 11.2. The van der Waals surface area contributed by atoms with E-state index in [1.807, 2.05) is 37.3 Å². The van der Waals surface area contributed by atoms with Crippen LogP contribution in [0.25, 0.3) is 6.08 Å². The van der Waals surface area contributed by atoms with Gasteiger partial charge in [0.15, 0.2) is 0 Å². The van der Waals surface area contributed by atoms with Crippen molar-refractivity contribution >= 4 is 40.3 Å². The summed E-state index contributed by atoms with van der Waals surface area (Å²) in [5, 5.41) is 0. The third-order valence-electron chi connectivity index (χ3n) is 4.92. The number of thiocarbonyl (C=S) groups is 1. The van der Waals surface area contributed by atoms with Crippen LogP contribution in [0.15, 0.2) is 40.8 Å². The fourth-order valence-corrected chi connectivity index (χ4v) is 4.62. The van der Waals surface area contributed by atoms with Crippen LogP contribution in [0.3, 0.4) is 0 Å². The average molecular weight is 402 g/mol. The third kappa shape index (κ3) is 5.02.